The standard InChI is InChI=1S/C16H13N3O4/c1-10-18-15(19-23-10)11-3-6-13(7-4-11)22-16(20)12-5-8-14(21-2)17-9-12/h3-9H,1-2H3. The van der Waals surface area contributed by atoms with E-state index in [0.29, 0.717) is 28.9 Å². The van der Waals surface area contributed by atoms with Gasteiger partial charge in [0.05, 0.1) is 12.7 Å². The number of pyridine rings is 1. The average molecular weight is 311 g/mol. The molecular weight excluding hydrogens is 298 g/mol. The third-order valence-corrected chi connectivity index (χ3v) is 3.03. The highest BCUT2D eigenvalue weighted by Crippen LogP contribution is 2.20. The van der Waals surface area contributed by atoms with Crippen molar-refractivity contribution < 1.29 is 18.8 Å². The Morgan fingerprint density at radius 3 is 2.48 bits per heavy atom. The minimum atomic E-state index is -0.497. The molecule has 0 saturated heterocycles. The third-order valence-electron chi connectivity index (χ3n) is 3.03. The van der Waals surface area contributed by atoms with Crippen LogP contribution in [-0.4, -0.2) is 28.2 Å². The molecule has 0 atom stereocenters. The topological polar surface area (TPSA) is 87.3 Å². The van der Waals surface area contributed by atoms with Gasteiger partial charge in [0.15, 0.2) is 0 Å². The summed E-state index contributed by atoms with van der Waals surface area (Å²) in [5.74, 6) is 1.32. The van der Waals surface area contributed by atoms with Crippen molar-refractivity contribution in [2.75, 3.05) is 7.11 Å². The number of carbonyl (C=O) groups excluding carboxylic acids is 1. The molecule has 0 aliphatic rings. The summed E-state index contributed by atoms with van der Waals surface area (Å²) in [7, 11) is 1.51. The van der Waals surface area contributed by atoms with Crippen LogP contribution in [0.4, 0.5) is 0 Å². The van der Waals surface area contributed by atoms with Crippen molar-refractivity contribution in [3.05, 3.63) is 54.0 Å². The van der Waals surface area contributed by atoms with E-state index in [4.69, 9.17) is 14.0 Å². The Hall–Kier alpha value is -3.22. The Morgan fingerprint density at radius 1 is 1.13 bits per heavy atom. The van der Waals surface area contributed by atoms with Crippen LogP contribution < -0.4 is 9.47 Å². The van der Waals surface area contributed by atoms with Crippen molar-refractivity contribution in [3.8, 4) is 23.0 Å². The molecule has 1 aromatic carbocycles. The molecule has 3 rings (SSSR count). The van der Waals surface area contributed by atoms with Crippen molar-refractivity contribution in [1.82, 2.24) is 15.1 Å². The zero-order valence-electron chi connectivity index (χ0n) is 12.5. The SMILES string of the molecule is COc1ccc(C(=O)Oc2ccc(-c3noc(C)n3)cc2)cn1. The van der Waals surface area contributed by atoms with E-state index in [-0.39, 0.29) is 0 Å². The maximum Gasteiger partial charge on any atom is 0.345 e. The highest BCUT2D eigenvalue weighted by atomic mass is 16.5. The molecule has 2 heterocycles. The summed E-state index contributed by atoms with van der Waals surface area (Å²) in [6.45, 7) is 1.72. The van der Waals surface area contributed by atoms with Crippen LogP contribution in [0.1, 0.15) is 16.2 Å². The molecule has 116 valence electrons. The van der Waals surface area contributed by atoms with Crippen molar-refractivity contribution in [2.24, 2.45) is 0 Å². The van der Waals surface area contributed by atoms with Gasteiger partial charge in [-0.1, -0.05) is 5.16 Å². The van der Waals surface area contributed by atoms with Crippen LogP contribution in [0.5, 0.6) is 11.6 Å². The Kier molecular flexibility index (Phi) is 4.01. The summed E-state index contributed by atoms with van der Waals surface area (Å²) >= 11 is 0. The van der Waals surface area contributed by atoms with Gasteiger partial charge < -0.3 is 14.0 Å². The molecule has 0 aliphatic carbocycles. The molecule has 2 aromatic heterocycles. The lowest BCUT2D eigenvalue weighted by Crippen LogP contribution is -2.08. The second-order valence-electron chi connectivity index (χ2n) is 4.64. The molecule has 0 aliphatic heterocycles. The number of hydrogen-bond acceptors (Lipinski definition) is 7. The molecule has 0 spiro atoms. The first-order chi connectivity index (χ1) is 11.2. The van der Waals surface area contributed by atoms with Crippen molar-refractivity contribution in [1.29, 1.82) is 0 Å². The lowest BCUT2D eigenvalue weighted by atomic mass is 10.2. The minimum Gasteiger partial charge on any atom is -0.481 e. The lowest BCUT2D eigenvalue weighted by molar-refractivity contribution is 0.0734. The van der Waals surface area contributed by atoms with Crippen LogP contribution in [0, 0.1) is 6.92 Å². The van der Waals surface area contributed by atoms with Gasteiger partial charge in [-0.25, -0.2) is 9.78 Å². The summed E-state index contributed by atoms with van der Waals surface area (Å²) in [5, 5.41) is 3.83. The van der Waals surface area contributed by atoms with Gasteiger partial charge in [0.25, 0.3) is 0 Å². The Balaban J connectivity index is 1.71. The van der Waals surface area contributed by atoms with Crippen LogP contribution in [-0.2, 0) is 0 Å². The Labute approximate surface area is 131 Å². The van der Waals surface area contributed by atoms with Crippen LogP contribution >= 0.6 is 0 Å². The van der Waals surface area contributed by atoms with E-state index in [9.17, 15) is 4.79 Å². The predicted molar refractivity (Wildman–Crippen MR) is 80.2 cm³/mol. The predicted octanol–water partition coefficient (Wildman–Crippen LogP) is 2.67. The zero-order chi connectivity index (χ0) is 16.2. The molecular formula is C16H13N3O4. The average Bonchev–Trinajstić information content (AvgIpc) is 3.02. The molecule has 0 amide bonds. The molecule has 0 fully saturated rings. The molecule has 0 bridgehead atoms. The summed E-state index contributed by atoms with van der Waals surface area (Å²) in [5.41, 5.74) is 1.11. The molecule has 0 saturated carbocycles. The fourth-order valence-corrected chi connectivity index (χ4v) is 1.88. The lowest BCUT2D eigenvalue weighted by Gasteiger charge is -2.05. The number of methoxy groups -OCH3 is 1. The number of ether oxygens (including phenoxy) is 2. The van der Waals surface area contributed by atoms with E-state index in [1.165, 1.54) is 13.3 Å². The second-order valence-corrected chi connectivity index (χ2v) is 4.64. The first kappa shape index (κ1) is 14.7. The van der Waals surface area contributed by atoms with Gasteiger partial charge in [-0.3, -0.25) is 0 Å². The van der Waals surface area contributed by atoms with Gasteiger partial charge in [0.2, 0.25) is 17.6 Å². The van der Waals surface area contributed by atoms with E-state index in [2.05, 4.69) is 15.1 Å². The quantitative estimate of drug-likeness (QED) is 0.540. The number of carbonyl (C=O) groups is 1. The molecule has 7 nitrogen and oxygen atoms in total. The van der Waals surface area contributed by atoms with E-state index >= 15 is 0 Å². The zero-order valence-corrected chi connectivity index (χ0v) is 12.5. The maximum absolute atomic E-state index is 12.0. The fraction of sp³-hybridized carbons (Fsp3) is 0.125. The summed E-state index contributed by atoms with van der Waals surface area (Å²) in [4.78, 5) is 20.1. The number of hydrogen-bond donors (Lipinski definition) is 0. The number of aryl methyl sites for hydroxylation is 1. The van der Waals surface area contributed by atoms with Gasteiger partial charge >= 0.3 is 5.97 Å². The molecule has 7 heteroatoms. The summed E-state index contributed by atoms with van der Waals surface area (Å²) in [6.07, 6.45) is 1.40. The highest BCUT2D eigenvalue weighted by Gasteiger charge is 2.11. The maximum atomic E-state index is 12.0. The first-order valence-electron chi connectivity index (χ1n) is 6.78. The normalized spacial score (nSPS) is 10.3. The van der Waals surface area contributed by atoms with Crippen LogP contribution in [0.25, 0.3) is 11.4 Å². The van der Waals surface area contributed by atoms with Crippen molar-refractivity contribution in [2.45, 2.75) is 6.92 Å². The first-order valence-corrected chi connectivity index (χ1v) is 6.78. The number of nitrogens with zero attached hydrogens (tertiary/aromatic N) is 3. The molecule has 23 heavy (non-hydrogen) atoms. The van der Waals surface area contributed by atoms with Crippen molar-refractivity contribution >= 4 is 5.97 Å². The molecule has 0 N–H and O–H groups in total. The van der Waals surface area contributed by atoms with E-state index < -0.39 is 5.97 Å². The van der Waals surface area contributed by atoms with E-state index in [0.717, 1.165) is 5.56 Å². The highest BCUT2D eigenvalue weighted by molar-refractivity contribution is 5.90. The van der Waals surface area contributed by atoms with Gasteiger partial charge in [-0.2, -0.15) is 4.98 Å². The number of benzene rings is 1. The molecule has 0 radical (unpaired) electrons. The third kappa shape index (κ3) is 3.34. The summed E-state index contributed by atoms with van der Waals surface area (Å²) < 4.78 is 15.2. The molecule has 0 unspecified atom stereocenters. The van der Waals surface area contributed by atoms with Crippen LogP contribution in [0.3, 0.4) is 0 Å². The van der Waals surface area contributed by atoms with E-state index in [1.54, 1.807) is 43.3 Å². The summed E-state index contributed by atoms with van der Waals surface area (Å²) in [6, 6.07) is 10.0. The number of esters is 1. The molecule has 3 aromatic rings. The minimum absolute atomic E-state index is 0.337. The van der Waals surface area contributed by atoms with Gasteiger partial charge in [-0.05, 0) is 30.3 Å². The number of aromatic nitrogens is 3. The van der Waals surface area contributed by atoms with Crippen molar-refractivity contribution in [3.63, 3.8) is 0 Å². The second kappa shape index (κ2) is 6.27. The monoisotopic (exact) mass is 311 g/mol. The van der Waals surface area contributed by atoms with Gasteiger partial charge in [0, 0.05) is 24.8 Å². The van der Waals surface area contributed by atoms with Crippen LogP contribution in [0.2, 0.25) is 0 Å². The fourth-order valence-electron chi connectivity index (χ4n) is 1.88. The Morgan fingerprint density at radius 2 is 1.91 bits per heavy atom. The largest absolute Gasteiger partial charge is 0.481 e. The smallest absolute Gasteiger partial charge is 0.345 e. The number of rotatable bonds is 4. The van der Waals surface area contributed by atoms with E-state index in [1.807, 2.05) is 0 Å². The van der Waals surface area contributed by atoms with Crippen LogP contribution in [0.15, 0.2) is 47.1 Å². The van der Waals surface area contributed by atoms with Gasteiger partial charge in [-0.15, -0.1) is 0 Å². The Bertz CT molecular complexity index is 810. The van der Waals surface area contributed by atoms with Gasteiger partial charge in [0.1, 0.15) is 5.75 Å².